The Hall–Kier alpha value is -5.76. The second-order valence-electron chi connectivity index (χ2n) is 18.0. The molecule has 426 valence electrons. The van der Waals surface area contributed by atoms with Crippen molar-refractivity contribution in [2.45, 2.75) is 76.2 Å². The number of benzene rings is 4. The minimum Gasteiger partial charge on any atom is -0.493 e. The molecule has 6 rings (SSSR count). The van der Waals surface area contributed by atoms with Crippen LogP contribution in [0.3, 0.4) is 0 Å². The van der Waals surface area contributed by atoms with Gasteiger partial charge in [-0.05, 0) is 153 Å². The SMILES string of the molecule is CC.COO.COc1ccc(C2=CC(=O)C(Br)Oc3c2cc(OC)c(OC)c3OC)cc1OS(C)(C)C(C)(C)C.COc1ccc(C2=CC(=O)C(SC#N)Oc3c2cc(OC)c(OC)c3OC)cc1OC(C)(C)C.CSC. The van der Waals surface area contributed by atoms with Gasteiger partial charge in [0, 0.05) is 27.6 Å². The van der Waals surface area contributed by atoms with Crippen LogP contribution in [0.2, 0.25) is 0 Å². The number of methoxy groups -OCH3 is 8. The van der Waals surface area contributed by atoms with Crippen molar-refractivity contribution in [3.8, 4) is 74.4 Å². The molecular formula is C56H76BrNO16S3. The Bertz CT molecular complexity index is 2720. The van der Waals surface area contributed by atoms with E-state index in [1.165, 1.54) is 48.7 Å². The summed E-state index contributed by atoms with van der Waals surface area (Å²) in [6, 6.07) is 14.5. The second kappa shape index (κ2) is 31.0. The van der Waals surface area contributed by atoms with Gasteiger partial charge in [-0.15, -0.1) is 0 Å². The summed E-state index contributed by atoms with van der Waals surface area (Å²) in [6.07, 6.45) is 11.3. The summed E-state index contributed by atoms with van der Waals surface area (Å²) in [7, 11) is 11.9. The fourth-order valence-electron chi connectivity index (χ4n) is 6.91. The van der Waals surface area contributed by atoms with Gasteiger partial charge in [-0.2, -0.15) is 17.0 Å². The first-order chi connectivity index (χ1) is 36.4. The third-order valence-corrected chi connectivity index (χ3v) is 15.8. The van der Waals surface area contributed by atoms with E-state index in [1.807, 2.05) is 76.8 Å². The third kappa shape index (κ3) is 17.1. The minimum atomic E-state index is -1.50. The van der Waals surface area contributed by atoms with Crippen LogP contribution in [0.5, 0.6) is 69.0 Å². The molecule has 2 aliphatic heterocycles. The first-order valence-electron chi connectivity index (χ1n) is 23.6. The summed E-state index contributed by atoms with van der Waals surface area (Å²) < 4.78 is 69.0. The lowest BCUT2D eigenvalue weighted by Crippen LogP contribution is -2.27. The molecule has 0 saturated heterocycles. The van der Waals surface area contributed by atoms with Crippen LogP contribution in [0.15, 0.2) is 60.7 Å². The highest BCUT2D eigenvalue weighted by atomic mass is 79.9. The van der Waals surface area contributed by atoms with Gasteiger partial charge in [-0.3, -0.25) is 14.8 Å². The zero-order chi connectivity index (χ0) is 58.6. The molecule has 21 heteroatoms. The van der Waals surface area contributed by atoms with Crippen LogP contribution in [0, 0.1) is 10.7 Å². The Morgan fingerprint density at radius 1 is 0.597 bits per heavy atom. The van der Waals surface area contributed by atoms with Gasteiger partial charge in [0.25, 0.3) is 0 Å². The van der Waals surface area contributed by atoms with Gasteiger partial charge in [0.2, 0.25) is 45.0 Å². The maximum atomic E-state index is 13.1. The van der Waals surface area contributed by atoms with E-state index in [-0.39, 0.29) is 27.8 Å². The molecule has 0 saturated carbocycles. The third-order valence-electron chi connectivity index (χ3n) is 10.9. The van der Waals surface area contributed by atoms with Crippen molar-refractivity contribution in [3.05, 3.63) is 82.9 Å². The predicted molar refractivity (Wildman–Crippen MR) is 314 cm³/mol. The van der Waals surface area contributed by atoms with Crippen molar-refractivity contribution in [1.82, 2.24) is 0 Å². The van der Waals surface area contributed by atoms with Crippen molar-refractivity contribution in [2.24, 2.45) is 0 Å². The van der Waals surface area contributed by atoms with Gasteiger partial charge in [0.1, 0.15) is 11.0 Å². The molecule has 0 radical (unpaired) electrons. The molecule has 2 heterocycles. The average Bonchev–Trinajstić information content (AvgIpc) is 3.60. The zero-order valence-electron chi connectivity index (χ0n) is 48.0. The van der Waals surface area contributed by atoms with Crippen LogP contribution in [0.25, 0.3) is 11.1 Å². The first kappa shape index (κ1) is 67.3. The molecule has 17 nitrogen and oxygen atoms in total. The van der Waals surface area contributed by atoms with E-state index in [9.17, 15) is 14.9 Å². The normalized spacial score (nSPS) is 14.7. The number of nitriles is 1. The molecule has 2 unspecified atom stereocenters. The standard InChI is InChI=1S/C26H33BrO7S.C25H27NO7S.C2H6S.C2H6.CH4O2/c1-26(2,3)35(8,9)34-20-12-15(10-11-19(20)29-4)16-13-18(28)25(27)33-22-17(16)14-21(30-5)23(31-6)24(22)32-7;1-25(2,3)33-19-10-14(8-9-18(19)28-4)15-11-17(27)24(34-13-26)32-21-16(15)12-20(29-5)22(30-6)23(21)31-7;1-3-2;1-2;1-3-2/h10-14,25H,1-9H3;8-12,24H,1-7H3;1-2H3;1-2H3;2H,1H3. The molecular weight excluding hydrogens is 1120 g/mol. The van der Waals surface area contributed by atoms with Gasteiger partial charge in [-0.25, -0.2) is 4.89 Å². The van der Waals surface area contributed by atoms with Crippen molar-refractivity contribution < 1.29 is 76.0 Å². The Balaban J connectivity index is 0.000000464. The van der Waals surface area contributed by atoms with E-state index in [1.54, 1.807) is 63.4 Å². The van der Waals surface area contributed by atoms with E-state index in [0.29, 0.717) is 97.1 Å². The molecule has 2 aliphatic rings. The van der Waals surface area contributed by atoms with E-state index in [0.717, 1.165) is 5.56 Å². The topological polar surface area (TPSA) is 198 Å². The molecule has 4 aromatic carbocycles. The highest BCUT2D eigenvalue weighted by Crippen LogP contribution is 2.57. The summed E-state index contributed by atoms with van der Waals surface area (Å²) in [5.41, 5.74) is 2.19. The summed E-state index contributed by atoms with van der Waals surface area (Å²) in [4.78, 5) is 29.3. The highest BCUT2D eigenvalue weighted by Gasteiger charge is 2.35. The lowest BCUT2D eigenvalue weighted by atomic mass is 9.95. The maximum absolute atomic E-state index is 13.1. The van der Waals surface area contributed by atoms with Crippen molar-refractivity contribution in [1.29, 1.82) is 5.26 Å². The zero-order valence-corrected chi connectivity index (χ0v) is 52.1. The number of hydrogen-bond acceptors (Lipinski definition) is 19. The van der Waals surface area contributed by atoms with Crippen LogP contribution in [0.4, 0.5) is 0 Å². The largest absolute Gasteiger partial charge is 0.493 e. The summed E-state index contributed by atoms with van der Waals surface area (Å²) in [5, 5.41) is 17.3. The van der Waals surface area contributed by atoms with E-state index in [4.69, 9.17) is 61.5 Å². The molecule has 77 heavy (non-hydrogen) atoms. The monoisotopic (exact) mass is 1190 g/mol. The van der Waals surface area contributed by atoms with Gasteiger partial charge >= 0.3 is 0 Å². The second-order valence-corrected chi connectivity index (χ2v) is 24.4. The quantitative estimate of drug-likeness (QED) is 0.0541. The Labute approximate surface area is 473 Å². The number of alkyl halides is 1. The number of rotatable bonds is 14. The summed E-state index contributed by atoms with van der Waals surface area (Å²) in [6.45, 7) is 16.3. The number of ketones is 2. The minimum absolute atomic E-state index is 0.0630. The highest BCUT2D eigenvalue weighted by molar-refractivity contribution is 9.09. The number of thiocyanates is 1. The molecule has 1 N–H and O–H groups in total. The van der Waals surface area contributed by atoms with E-state index >= 15 is 0 Å². The summed E-state index contributed by atoms with van der Waals surface area (Å²) in [5.74, 6) is 4.37. The first-order valence-corrected chi connectivity index (χ1v) is 29.4. The molecule has 0 spiro atoms. The molecule has 2 atom stereocenters. The molecule has 0 bridgehead atoms. The number of carbonyl (C=O) groups excluding carboxylic acids is 2. The lowest BCUT2D eigenvalue weighted by Gasteiger charge is -2.44. The van der Waals surface area contributed by atoms with Crippen LogP contribution in [0.1, 0.15) is 77.6 Å². The smallest absolute Gasteiger partial charge is 0.220 e. The van der Waals surface area contributed by atoms with Crippen LogP contribution in [-0.2, 0) is 14.5 Å². The predicted octanol–water partition coefficient (Wildman–Crippen LogP) is 12.9. The molecule has 4 aromatic rings. The number of halogens is 1. The number of ether oxygens (including phenoxy) is 11. The van der Waals surface area contributed by atoms with Gasteiger partial charge in [-0.1, -0.05) is 36.3 Å². The fraction of sp³-hybridized carbons (Fsp3) is 0.446. The number of nitrogens with zero attached hydrogens (tertiary/aromatic N) is 1. The molecule has 0 amide bonds. The molecule has 0 aliphatic carbocycles. The van der Waals surface area contributed by atoms with Gasteiger partial charge in [0.15, 0.2) is 46.0 Å². The number of hydrogen-bond donors (Lipinski definition) is 1. The number of carbonyl (C=O) groups is 2. The van der Waals surface area contributed by atoms with E-state index in [2.05, 4.69) is 54.1 Å². The summed E-state index contributed by atoms with van der Waals surface area (Å²) >= 11 is 5.79. The Morgan fingerprint density at radius 2 is 0.987 bits per heavy atom. The van der Waals surface area contributed by atoms with Crippen LogP contribution >= 0.6 is 49.8 Å². The number of thioether (sulfide) groups is 2. The molecule has 0 aromatic heterocycles. The van der Waals surface area contributed by atoms with Crippen LogP contribution < -0.4 is 56.3 Å². The Morgan fingerprint density at radius 3 is 1.36 bits per heavy atom. The lowest BCUT2D eigenvalue weighted by molar-refractivity contribution is -0.214. The van der Waals surface area contributed by atoms with Crippen LogP contribution in [-0.4, -0.2) is 127 Å². The fourth-order valence-corrected chi connectivity index (χ4v) is 8.49. The average molecular weight is 1200 g/mol. The van der Waals surface area contributed by atoms with Crippen molar-refractivity contribution in [3.63, 3.8) is 0 Å². The van der Waals surface area contributed by atoms with E-state index < -0.39 is 26.4 Å². The van der Waals surface area contributed by atoms with Gasteiger partial charge < -0.3 is 56.3 Å². The Kier molecular flexibility index (Phi) is 27.1. The molecule has 0 fully saturated rings. The van der Waals surface area contributed by atoms with Gasteiger partial charge in [0.05, 0.1) is 64.0 Å². The number of fused-ring (bicyclic) bond motifs is 2. The van der Waals surface area contributed by atoms with Crippen molar-refractivity contribution in [2.75, 3.05) is 89.0 Å². The maximum Gasteiger partial charge on any atom is 0.220 e. The van der Waals surface area contributed by atoms with Crippen molar-refractivity contribution >= 4 is 72.5 Å².